The molecule has 0 bridgehead atoms. The number of likely N-dealkylation sites (tertiary alicyclic amines) is 1. The van der Waals surface area contributed by atoms with Gasteiger partial charge in [0.2, 0.25) is 0 Å². The molecule has 0 saturated carbocycles. The first kappa shape index (κ1) is 28.5. The predicted molar refractivity (Wildman–Crippen MR) is 147 cm³/mol. The molecule has 1 aliphatic rings. The monoisotopic (exact) mass is 566 g/mol. The van der Waals surface area contributed by atoms with Crippen LogP contribution in [0.2, 0.25) is 0 Å². The number of hydrogen-bond acceptors (Lipinski definition) is 7. The quantitative estimate of drug-likeness (QED) is 0.319. The number of hydrogen-bond donors (Lipinski definition) is 4. The van der Waals surface area contributed by atoms with Gasteiger partial charge in [0.05, 0.1) is 6.04 Å². The largest absolute Gasteiger partial charge is 0.465 e. The van der Waals surface area contributed by atoms with E-state index in [0.29, 0.717) is 12.1 Å². The molecule has 3 heterocycles. The van der Waals surface area contributed by atoms with Crippen molar-refractivity contribution < 1.29 is 24.3 Å². The highest BCUT2D eigenvalue weighted by atomic mass is 32.1. The molecule has 0 spiro atoms. The van der Waals surface area contributed by atoms with Gasteiger partial charge >= 0.3 is 6.09 Å². The summed E-state index contributed by atoms with van der Waals surface area (Å²) in [7, 11) is 1.45. The number of rotatable bonds is 7. The van der Waals surface area contributed by atoms with Crippen molar-refractivity contribution in [1.29, 1.82) is 0 Å². The van der Waals surface area contributed by atoms with E-state index in [-0.39, 0.29) is 23.7 Å². The number of nitrogens with zero attached hydrogens (tertiary/aromatic N) is 3. The minimum Gasteiger partial charge on any atom is -0.465 e. The number of aryl methyl sites for hydroxylation is 1. The molecule has 1 fully saturated rings. The number of carbonyl (C=O) groups excluding carboxylic acids is 3. The average Bonchev–Trinajstić information content (AvgIpc) is 3.57. The van der Waals surface area contributed by atoms with Gasteiger partial charge in [0, 0.05) is 42.7 Å². The second-order valence-electron chi connectivity index (χ2n) is 9.84. The Morgan fingerprint density at radius 1 is 1.15 bits per heavy atom. The SMILES string of the molecule is Cc1csc([C@H]2CCCN2C(=O)c2cc(C(=O)NNC(=O)[C@@](C)(Cc3ccccc3)NC(=O)O)cc(=O)n2C)n1. The van der Waals surface area contributed by atoms with Gasteiger partial charge in [-0.15, -0.1) is 11.3 Å². The third kappa shape index (κ3) is 6.20. The maximum Gasteiger partial charge on any atom is 0.405 e. The van der Waals surface area contributed by atoms with E-state index < -0.39 is 34.9 Å². The standard InChI is InChI=1S/C27H30N6O6S/c1-16-15-40-23(28-16)19-10-7-11-33(19)24(36)20-12-18(13-21(34)32(20)3)22(35)30-31-25(37)27(2,29-26(38)39)14-17-8-5-4-6-9-17/h4-6,8-9,12-13,15,19,29H,7,10-11,14H2,1-3H3,(H,30,35)(H,31,37)(H,38,39)/t19-,27-/m1/s1. The minimum absolute atomic E-state index is 0.0159. The normalized spacial score (nSPS) is 16.2. The molecule has 0 radical (unpaired) electrons. The minimum atomic E-state index is -1.62. The maximum absolute atomic E-state index is 13.5. The van der Waals surface area contributed by atoms with Crippen LogP contribution in [0.25, 0.3) is 0 Å². The summed E-state index contributed by atoms with van der Waals surface area (Å²) in [6.45, 7) is 3.76. The molecular formula is C27H30N6O6S. The third-order valence-corrected chi connectivity index (χ3v) is 7.82. The fourth-order valence-electron chi connectivity index (χ4n) is 4.65. The summed E-state index contributed by atoms with van der Waals surface area (Å²) in [5.41, 5.74) is 3.72. The highest BCUT2D eigenvalue weighted by Gasteiger charge is 2.36. The summed E-state index contributed by atoms with van der Waals surface area (Å²) in [5, 5.41) is 14.2. The van der Waals surface area contributed by atoms with Crippen LogP contribution in [-0.4, -0.2) is 55.5 Å². The third-order valence-electron chi connectivity index (χ3n) is 6.75. The van der Waals surface area contributed by atoms with Crippen molar-refractivity contribution in [2.45, 2.75) is 44.7 Å². The lowest BCUT2D eigenvalue weighted by Gasteiger charge is -2.28. The van der Waals surface area contributed by atoms with E-state index >= 15 is 0 Å². The van der Waals surface area contributed by atoms with Crippen molar-refractivity contribution in [1.82, 2.24) is 30.6 Å². The van der Waals surface area contributed by atoms with Gasteiger partial charge in [-0.2, -0.15) is 0 Å². The van der Waals surface area contributed by atoms with Crippen LogP contribution in [0.4, 0.5) is 4.79 Å². The number of pyridine rings is 1. The number of hydrazine groups is 1. The first-order chi connectivity index (χ1) is 19.0. The molecule has 13 heteroatoms. The van der Waals surface area contributed by atoms with E-state index in [1.165, 1.54) is 35.9 Å². The molecule has 4 amide bonds. The summed E-state index contributed by atoms with van der Waals surface area (Å²) >= 11 is 1.47. The van der Waals surface area contributed by atoms with Crippen molar-refractivity contribution in [2.75, 3.05) is 6.54 Å². The smallest absolute Gasteiger partial charge is 0.405 e. The number of amides is 4. The molecule has 2 aromatic heterocycles. The average molecular weight is 567 g/mol. The Kier molecular flexibility index (Phi) is 8.33. The van der Waals surface area contributed by atoms with Gasteiger partial charge in [0.1, 0.15) is 16.2 Å². The Bertz CT molecular complexity index is 1500. The Hall–Kier alpha value is -4.52. The fourth-order valence-corrected chi connectivity index (χ4v) is 5.60. The zero-order valence-electron chi connectivity index (χ0n) is 22.3. The molecule has 0 aliphatic carbocycles. The van der Waals surface area contributed by atoms with Gasteiger partial charge in [-0.1, -0.05) is 30.3 Å². The van der Waals surface area contributed by atoms with Crippen LogP contribution in [0.3, 0.4) is 0 Å². The number of benzene rings is 1. The summed E-state index contributed by atoms with van der Waals surface area (Å²) in [6.07, 6.45) is 0.122. The van der Waals surface area contributed by atoms with Crippen LogP contribution >= 0.6 is 11.3 Å². The van der Waals surface area contributed by atoms with E-state index in [1.807, 2.05) is 12.3 Å². The second kappa shape index (κ2) is 11.7. The van der Waals surface area contributed by atoms with Gasteiger partial charge in [0.15, 0.2) is 0 Å². The zero-order chi connectivity index (χ0) is 29.0. The van der Waals surface area contributed by atoms with Gasteiger partial charge < -0.3 is 19.9 Å². The molecule has 1 aliphatic heterocycles. The van der Waals surface area contributed by atoms with Crippen molar-refractivity contribution in [3.8, 4) is 0 Å². The molecule has 210 valence electrons. The van der Waals surface area contributed by atoms with Gasteiger partial charge in [-0.05, 0) is 38.3 Å². The van der Waals surface area contributed by atoms with Crippen LogP contribution in [0, 0.1) is 6.92 Å². The highest BCUT2D eigenvalue weighted by Crippen LogP contribution is 2.34. The molecule has 4 N–H and O–H groups in total. The molecule has 1 aromatic carbocycles. The Morgan fingerprint density at radius 3 is 2.52 bits per heavy atom. The van der Waals surface area contributed by atoms with Crippen molar-refractivity contribution in [3.63, 3.8) is 0 Å². The van der Waals surface area contributed by atoms with E-state index in [0.717, 1.165) is 29.6 Å². The topological polar surface area (TPSA) is 163 Å². The Morgan fingerprint density at radius 2 is 1.88 bits per heavy atom. The van der Waals surface area contributed by atoms with Crippen molar-refractivity contribution in [2.24, 2.45) is 7.05 Å². The molecule has 0 unspecified atom stereocenters. The first-order valence-electron chi connectivity index (χ1n) is 12.6. The van der Waals surface area contributed by atoms with Crippen LogP contribution in [0.1, 0.15) is 62.9 Å². The molecule has 12 nitrogen and oxygen atoms in total. The lowest BCUT2D eigenvalue weighted by atomic mass is 9.92. The fraction of sp³-hybridized carbons (Fsp3) is 0.333. The maximum atomic E-state index is 13.5. The van der Waals surface area contributed by atoms with Crippen LogP contribution < -0.4 is 21.7 Å². The lowest BCUT2D eigenvalue weighted by Crippen LogP contribution is -2.61. The summed E-state index contributed by atoms with van der Waals surface area (Å²) in [5.74, 6) is -2.06. The zero-order valence-corrected chi connectivity index (χ0v) is 23.1. The van der Waals surface area contributed by atoms with Crippen molar-refractivity contribution >= 4 is 35.2 Å². The molecular weight excluding hydrogens is 536 g/mol. The predicted octanol–water partition coefficient (Wildman–Crippen LogP) is 2.16. The summed E-state index contributed by atoms with van der Waals surface area (Å²) in [4.78, 5) is 69.8. The van der Waals surface area contributed by atoms with E-state index in [2.05, 4.69) is 21.2 Å². The van der Waals surface area contributed by atoms with Gasteiger partial charge in [-0.3, -0.25) is 30.0 Å². The molecule has 40 heavy (non-hydrogen) atoms. The number of carbonyl (C=O) groups is 4. The van der Waals surface area contributed by atoms with E-state index in [9.17, 15) is 29.1 Å². The number of thiazole rings is 1. The van der Waals surface area contributed by atoms with Crippen molar-refractivity contribution in [3.05, 3.63) is 85.7 Å². The second-order valence-corrected chi connectivity index (χ2v) is 10.7. The first-order valence-corrected chi connectivity index (χ1v) is 13.5. The van der Waals surface area contributed by atoms with Crippen LogP contribution in [0.5, 0.6) is 0 Å². The highest BCUT2D eigenvalue weighted by molar-refractivity contribution is 7.09. The Balaban J connectivity index is 1.51. The molecule has 3 aromatic rings. The number of carboxylic acid groups (broad SMARTS) is 1. The molecule has 1 saturated heterocycles. The van der Waals surface area contributed by atoms with Crippen LogP contribution in [-0.2, 0) is 18.3 Å². The van der Waals surface area contributed by atoms with E-state index in [1.54, 1.807) is 35.2 Å². The van der Waals surface area contributed by atoms with Gasteiger partial charge in [0.25, 0.3) is 23.3 Å². The molecule has 4 rings (SSSR count). The lowest BCUT2D eigenvalue weighted by molar-refractivity contribution is -0.127. The van der Waals surface area contributed by atoms with Crippen LogP contribution in [0.15, 0.2) is 52.6 Å². The molecule has 2 atom stereocenters. The summed E-state index contributed by atoms with van der Waals surface area (Å²) in [6, 6.07) is 10.9. The summed E-state index contributed by atoms with van der Waals surface area (Å²) < 4.78 is 1.17. The van der Waals surface area contributed by atoms with Gasteiger partial charge in [-0.25, -0.2) is 9.78 Å². The Labute approximate surface area is 234 Å². The number of aromatic nitrogens is 2. The van der Waals surface area contributed by atoms with E-state index in [4.69, 9.17) is 0 Å². The number of nitrogens with one attached hydrogen (secondary N) is 3.